The number of carbonyl (C=O) groups excluding carboxylic acids is 1. The number of amides is 1. The number of allylic oxidation sites excluding steroid dienone is 1. The highest BCUT2D eigenvalue weighted by atomic mass is 32.1. The molecular formula is C11H12N2O5S. The number of nitrogens with one attached hydrogen (secondary N) is 1. The molecule has 2 N–H and O–H groups in total. The molecule has 1 atom stereocenters. The third-order valence-electron chi connectivity index (χ3n) is 2.21. The van der Waals surface area contributed by atoms with Gasteiger partial charge in [-0.05, 0) is 19.4 Å². The molecule has 1 rings (SSSR count). The van der Waals surface area contributed by atoms with E-state index in [1.807, 2.05) is 0 Å². The van der Waals surface area contributed by atoms with Crippen LogP contribution < -0.4 is 5.32 Å². The maximum atomic E-state index is 11.7. The highest BCUT2D eigenvalue weighted by Crippen LogP contribution is 2.23. The van der Waals surface area contributed by atoms with Gasteiger partial charge in [-0.1, -0.05) is 23.5 Å². The standard InChI is InChI=1S/C11H12N2O5S/c1-2-3-4-7(11(15)16)12-10(14)8-5-6-9(19-8)13(17)18/h2-3,5-7H,4H2,1H3,(H,12,14)(H,15,16)/b3-2+. The van der Waals surface area contributed by atoms with Crippen LogP contribution in [0.15, 0.2) is 24.3 Å². The molecule has 0 radical (unpaired) electrons. The van der Waals surface area contributed by atoms with E-state index in [2.05, 4.69) is 5.32 Å². The number of carbonyl (C=O) groups is 2. The first-order valence-corrected chi connectivity index (χ1v) is 6.16. The minimum atomic E-state index is -1.16. The molecule has 0 saturated carbocycles. The first kappa shape index (κ1) is 14.8. The number of nitro groups is 1. The molecule has 0 aromatic carbocycles. The predicted molar refractivity (Wildman–Crippen MR) is 69.3 cm³/mol. The molecule has 0 aliphatic carbocycles. The maximum Gasteiger partial charge on any atom is 0.326 e. The van der Waals surface area contributed by atoms with E-state index in [1.54, 1.807) is 19.1 Å². The van der Waals surface area contributed by atoms with Crippen LogP contribution in [0.25, 0.3) is 0 Å². The fraction of sp³-hybridized carbons (Fsp3) is 0.273. The molecule has 1 amide bonds. The van der Waals surface area contributed by atoms with Crippen molar-refractivity contribution in [3.63, 3.8) is 0 Å². The zero-order chi connectivity index (χ0) is 14.4. The zero-order valence-corrected chi connectivity index (χ0v) is 10.8. The highest BCUT2D eigenvalue weighted by molar-refractivity contribution is 7.17. The van der Waals surface area contributed by atoms with Gasteiger partial charge < -0.3 is 10.4 Å². The molecule has 19 heavy (non-hydrogen) atoms. The number of carboxylic acids is 1. The van der Waals surface area contributed by atoms with E-state index in [-0.39, 0.29) is 16.3 Å². The molecular weight excluding hydrogens is 272 g/mol. The Morgan fingerprint density at radius 1 is 1.58 bits per heavy atom. The van der Waals surface area contributed by atoms with Crippen molar-refractivity contribution >= 4 is 28.2 Å². The highest BCUT2D eigenvalue weighted by Gasteiger charge is 2.21. The van der Waals surface area contributed by atoms with Gasteiger partial charge in [-0.2, -0.15) is 0 Å². The summed E-state index contributed by atoms with van der Waals surface area (Å²) >= 11 is 0.705. The third-order valence-corrected chi connectivity index (χ3v) is 3.24. The Labute approximate surface area is 112 Å². The second-order valence-electron chi connectivity index (χ2n) is 3.56. The Bertz CT molecular complexity index is 523. The smallest absolute Gasteiger partial charge is 0.326 e. The lowest BCUT2D eigenvalue weighted by molar-refractivity contribution is -0.380. The van der Waals surface area contributed by atoms with Gasteiger partial charge in [0, 0.05) is 6.07 Å². The lowest BCUT2D eigenvalue weighted by atomic mass is 10.2. The quantitative estimate of drug-likeness (QED) is 0.470. The molecule has 1 heterocycles. The van der Waals surface area contributed by atoms with Gasteiger partial charge in [0.15, 0.2) is 0 Å². The van der Waals surface area contributed by atoms with Crippen molar-refractivity contribution in [3.05, 3.63) is 39.3 Å². The Hall–Kier alpha value is -2.22. The summed E-state index contributed by atoms with van der Waals surface area (Å²) in [6, 6.07) is 1.46. The monoisotopic (exact) mass is 284 g/mol. The molecule has 0 fully saturated rings. The fourth-order valence-corrected chi connectivity index (χ4v) is 1.99. The summed E-state index contributed by atoms with van der Waals surface area (Å²) in [5.41, 5.74) is 0. The van der Waals surface area contributed by atoms with E-state index in [0.29, 0.717) is 11.3 Å². The van der Waals surface area contributed by atoms with Crippen LogP contribution in [0.5, 0.6) is 0 Å². The van der Waals surface area contributed by atoms with Crippen LogP contribution in [-0.2, 0) is 4.79 Å². The molecule has 0 aliphatic rings. The average molecular weight is 284 g/mol. The van der Waals surface area contributed by atoms with E-state index >= 15 is 0 Å². The topological polar surface area (TPSA) is 110 Å². The summed E-state index contributed by atoms with van der Waals surface area (Å²) in [6.07, 6.45) is 3.46. The first-order valence-electron chi connectivity index (χ1n) is 5.34. The molecule has 1 aromatic heterocycles. The van der Waals surface area contributed by atoms with Gasteiger partial charge in [0.2, 0.25) is 0 Å². The van der Waals surface area contributed by atoms with Crippen LogP contribution in [0.3, 0.4) is 0 Å². The minimum absolute atomic E-state index is 0.110. The van der Waals surface area contributed by atoms with Crippen molar-refractivity contribution in [2.45, 2.75) is 19.4 Å². The van der Waals surface area contributed by atoms with Crippen LogP contribution in [0.1, 0.15) is 23.0 Å². The van der Waals surface area contributed by atoms with Gasteiger partial charge >= 0.3 is 11.0 Å². The summed E-state index contributed by atoms with van der Waals surface area (Å²) in [5.74, 6) is -1.78. The second kappa shape index (κ2) is 6.64. The van der Waals surface area contributed by atoms with Crippen molar-refractivity contribution in [3.8, 4) is 0 Å². The molecule has 0 bridgehead atoms. The molecule has 102 valence electrons. The number of rotatable bonds is 6. The largest absolute Gasteiger partial charge is 0.480 e. The van der Waals surface area contributed by atoms with Crippen LogP contribution in [0.2, 0.25) is 0 Å². The Kier molecular flexibility index (Phi) is 5.19. The molecule has 7 nitrogen and oxygen atoms in total. The van der Waals surface area contributed by atoms with Crippen LogP contribution in [-0.4, -0.2) is 27.9 Å². The van der Waals surface area contributed by atoms with Crippen LogP contribution >= 0.6 is 11.3 Å². The average Bonchev–Trinajstić information content (AvgIpc) is 2.83. The van der Waals surface area contributed by atoms with Gasteiger partial charge in [0.1, 0.15) is 6.04 Å². The number of aliphatic carboxylic acids is 1. The van der Waals surface area contributed by atoms with Crippen molar-refractivity contribution in [2.24, 2.45) is 0 Å². The number of hydrogen-bond acceptors (Lipinski definition) is 5. The Morgan fingerprint density at radius 3 is 2.74 bits per heavy atom. The van der Waals surface area contributed by atoms with E-state index in [1.165, 1.54) is 12.1 Å². The Balaban J connectivity index is 2.75. The lowest BCUT2D eigenvalue weighted by Crippen LogP contribution is -2.40. The van der Waals surface area contributed by atoms with Crippen LogP contribution in [0.4, 0.5) is 5.00 Å². The van der Waals surface area contributed by atoms with E-state index in [9.17, 15) is 19.7 Å². The SMILES string of the molecule is C/C=C/CC(NC(=O)c1ccc([N+](=O)[O-])s1)C(=O)O. The van der Waals surface area contributed by atoms with Gasteiger partial charge in [-0.25, -0.2) is 4.79 Å². The number of nitrogens with zero attached hydrogens (tertiary/aromatic N) is 1. The first-order chi connectivity index (χ1) is 8.95. The fourth-order valence-electron chi connectivity index (χ4n) is 1.27. The minimum Gasteiger partial charge on any atom is -0.480 e. The summed E-state index contributed by atoms with van der Waals surface area (Å²) in [6.45, 7) is 1.74. The second-order valence-corrected chi connectivity index (χ2v) is 4.63. The van der Waals surface area contributed by atoms with Gasteiger partial charge in [-0.15, -0.1) is 0 Å². The third kappa shape index (κ3) is 4.18. The number of hydrogen-bond donors (Lipinski definition) is 2. The molecule has 1 aromatic rings. The van der Waals surface area contributed by atoms with E-state index in [4.69, 9.17) is 5.11 Å². The number of thiophene rings is 1. The normalized spacial score (nSPS) is 12.3. The summed E-state index contributed by atoms with van der Waals surface area (Å²) < 4.78 is 0. The Morgan fingerprint density at radius 2 is 2.26 bits per heavy atom. The summed E-state index contributed by atoms with van der Waals surface area (Å²) in [7, 11) is 0. The van der Waals surface area contributed by atoms with Crippen LogP contribution in [0, 0.1) is 10.1 Å². The lowest BCUT2D eigenvalue weighted by Gasteiger charge is -2.11. The molecule has 8 heteroatoms. The van der Waals surface area contributed by atoms with Crippen molar-refractivity contribution < 1.29 is 19.6 Å². The molecule has 0 aliphatic heterocycles. The summed E-state index contributed by atoms with van der Waals surface area (Å²) in [5, 5.41) is 21.6. The predicted octanol–water partition coefficient (Wildman–Crippen LogP) is 1.81. The van der Waals surface area contributed by atoms with Gasteiger partial charge in [0.25, 0.3) is 5.91 Å². The maximum absolute atomic E-state index is 11.7. The van der Waals surface area contributed by atoms with Crippen molar-refractivity contribution in [1.29, 1.82) is 0 Å². The van der Waals surface area contributed by atoms with Gasteiger partial charge in [-0.3, -0.25) is 14.9 Å². The molecule has 0 spiro atoms. The molecule has 0 saturated heterocycles. The van der Waals surface area contributed by atoms with Crippen molar-refractivity contribution in [2.75, 3.05) is 0 Å². The zero-order valence-electron chi connectivity index (χ0n) is 10.0. The van der Waals surface area contributed by atoms with Crippen molar-refractivity contribution in [1.82, 2.24) is 5.32 Å². The molecule has 1 unspecified atom stereocenters. The summed E-state index contributed by atoms with van der Waals surface area (Å²) in [4.78, 5) is 32.7. The van der Waals surface area contributed by atoms with E-state index < -0.39 is 22.8 Å². The number of carboxylic acid groups (broad SMARTS) is 1. The van der Waals surface area contributed by atoms with Gasteiger partial charge in [0.05, 0.1) is 9.80 Å². The van der Waals surface area contributed by atoms with E-state index in [0.717, 1.165) is 0 Å².